The van der Waals surface area contributed by atoms with E-state index < -0.39 is 10.8 Å². The van der Waals surface area contributed by atoms with Crippen LogP contribution in [0.3, 0.4) is 0 Å². The van der Waals surface area contributed by atoms with Gasteiger partial charge in [-0.05, 0) is 73.8 Å². The first-order valence-corrected chi connectivity index (χ1v) is 12.7. The first kappa shape index (κ1) is 25.1. The first-order valence-electron chi connectivity index (χ1n) is 11.6. The summed E-state index contributed by atoms with van der Waals surface area (Å²) in [5, 5.41) is 0. The van der Waals surface area contributed by atoms with Gasteiger partial charge in [0.1, 0.15) is 0 Å². The molecular weight excluding hydrogens is 462 g/mol. The molecule has 1 aliphatic rings. The largest absolute Gasteiger partial charge is 0.493 e. The Bertz CT molecular complexity index is 1230. The molecule has 6 nitrogen and oxygen atoms in total. The Morgan fingerprint density at radius 1 is 0.886 bits per heavy atom. The van der Waals surface area contributed by atoms with Crippen LogP contribution in [0.5, 0.6) is 23.0 Å². The molecule has 0 amide bonds. The molecule has 0 radical (unpaired) electrons. The van der Waals surface area contributed by atoms with E-state index in [1.54, 1.807) is 28.4 Å². The van der Waals surface area contributed by atoms with Crippen molar-refractivity contribution in [3.8, 4) is 23.0 Å². The molecule has 3 aromatic rings. The lowest BCUT2D eigenvalue weighted by Crippen LogP contribution is -2.33. The number of aryl methyl sites for hydroxylation is 1. The summed E-state index contributed by atoms with van der Waals surface area (Å²) >= 11 is 0. The molecule has 0 spiro atoms. The Kier molecular flexibility index (Phi) is 7.67. The second-order valence-corrected chi connectivity index (χ2v) is 10.1. The zero-order valence-corrected chi connectivity index (χ0v) is 22.0. The number of hydrogen-bond acceptors (Lipinski definition) is 6. The van der Waals surface area contributed by atoms with E-state index in [1.165, 1.54) is 11.1 Å². The van der Waals surface area contributed by atoms with Crippen molar-refractivity contribution in [1.29, 1.82) is 0 Å². The van der Waals surface area contributed by atoms with Crippen molar-refractivity contribution >= 4 is 10.8 Å². The maximum absolute atomic E-state index is 13.9. The molecule has 186 valence electrons. The molecule has 1 unspecified atom stereocenters. The zero-order valence-electron chi connectivity index (χ0n) is 21.2. The Hall–Kier alpha value is -3.03. The van der Waals surface area contributed by atoms with Crippen molar-refractivity contribution in [3.63, 3.8) is 0 Å². The van der Waals surface area contributed by atoms with Gasteiger partial charge in [0.25, 0.3) is 0 Å². The van der Waals surface area contributed by atoms with Gasteiger partial charge in [-0.25, -0.2) is 4.21 Å². The van der Waals surface area contributed by atoms with Gasteiger partial charge >= 0.3 is 0 Å². The highest BCUT2D eigenvalue weighted by Crippen LogP contribution is 2.43. The van der Waals surface area contributed by atoms with Crippen LogP contribution in [-0.2, 0) is 23.6 Å². The molecule has 7 heteroatoms. The quantitative estimate of drug-likeness (QED) is 0.440. The fourth-order valence-corrected chi connectivity index (χ4v) is 6.07. The maximum Gasteiger partial charge on any atom is 0.177 e. The SMILES string of the molecule is COc1cc2c(cc1OC)[C@H](Cc1ccc(OC)c(OC)c1S(=O)c1ccc(C)cc1)N(C)CC2. The second kappa shape index (κ2) is 10.7. The number of ether oxygens (including phenoxy) is 4. The van der Waals surface area contributed by atoms with Crippen LogP contribution in [0.4, 0.5) is 0 Å². The van der Waals surface area contributed by atoms with E-state index in [9.17, 15) is 4.21 Å². The molecule has 0 N–H and O–H groups in total. The first-order chi connectivity index (χ1) is 16.9. The molecule has 35 heavy (non-hydrogen) atoms. The minimum Gasteiger partial charge on any atom is -0.493 e. The van der Waals surface area contributed by atoms with Crippen molar-refractivity contribution in [3.05, 3.63) is 70.8 Å². The number of rotatable bonds is 8. The van der Waals surface area contributed by atoms with Gasteiger partial charge in [0, 0.05) is 17.5 Å². The van der Waals surface area contributed by atoms with Crippen LogP contribution in [0.1, 0.15) is 28.3 Å². The molecule has 2 atom stereocenters. The van der Waals surface area contributed by atoms with Crippen LogP contribution in [0.2, 0.25) is 0 Å². The van der Waals surface area contributed by atoms with E-state index in [-0.39, 0.29) is 6.04 Å². The molecule has 1 aliphatic heterocycles. The summed E-state index contributed by atoms with van der Waals surface area (Å²) in [6, 6.07) is 15.9. The Labute approximate surface area is 210 Å². The van der Waals surface area contributed by atoms with Crippen molar-refractivity contribution in [1.82, 2.24) is 4.90 Å². The third-order valence-corrected chi connectivity index (χ3v) is 8.20. The highest BCUT2D eigenvalue weighted by molar-refractivity contribution is 7.85. The standard InChI is InChI=1S/C28H33NO5S/c1-18-7-10-21(11-8-18)35(30)28-20(9-12-24(31-3)27(28)34-6)15-23-22-17-26(33-5)25(32-4)16-19(22)13-14-29(23)2/h7-12,16-17,23H,13-15H2,1-6H3/t23-,35?/m0/s1. The summed E-state index contributed by atoms with van der Waals surface area (Å²) in [6.45, 7) is 2.93. The number of methoxy groups -OCH3 is 4. The second-order valence-electron chi connectivity index (χ2n) is 8.73. The van der Waals surface area contributed by atoms with E-state index in [4.69, 9.17) is 18.9 Å². The molecule has 1 heterocycles. The molecule has 0 aliphatic carbocycles. The molecular formula is C28H33NO5S. The lowest BCUT2D eigenvalue weighted by Gasteiger charge is -2.35. The molecule has 4 rings (SSSR count). The Morgan fingerprint density at radius 3 is 2.17 bits per heavy atom. The highest BCUT2D eigenvalue weighted by Gasteiger charge is 2.30. The average Bonchev–Trinajstić information content (AvgIpc) is 2.89. The third-order valence-electron chi connectivity index (χ3n) is 6.69. The van der Waals surface area contributed by atoms with Crippen LogP contribution in [0, 0.1) is 6.92 Å². The van der Waals surface area contributed by atoms with Gasteiger partial charge in [0.2, 0.25) is 0 Å². The van der Waals surface area contributed by atoms with Gasteiger partial charge in [-0.2, -0.15) is 0 Å². The molecule has 3 aromatic carbocycles. The normalized spacial score (nSPS) is 16.3. The van der Waals surface area contributed by atoms with Crippen LogP contribution < -0.4 is 18.9 Å². The van der Waals surface area contributed by atoms with Gasteiger partial charge in [0.15, 0.2) is 23.0 Å². The summed E-state index contributed by atoms with van der Waals surface area (Å²) in [5.41, 5.74) is 4.51. The number of hydrogen-bond donors (Lipinski definition) is 0. The van der Waals surface area contributed by atoms with Crippen molar-refractivity contribution in [2.24, 2.45) is 0 Å². The smallest absolute Gasteiger partial charge is 0.177 e. The van der Waals surface area contributed by atoms with E-state index in [2.05, 4.69) is 24.1 Å². The van der Waals surface area contributed by atoms with Gasteiger partial charge in [-0.1, -0.05) is 23.8 Å². The van der Waals surface area contributed by atoms with Gasteiger partial charge in [-0.3, -0.25) is 4.90 Å². The van der Waals surface area contributed by atoms with Gasteiger partial charge < -0.3 is 18.9 Å². The average molecular weight is 496 g/mol. The number of fused-ring (bicyclic) bond motifs is 1. The molecule has 0 bridgehead atoms. The predicted octanol–water partition coefficient (Wildman–Crippen LogP) is 4.97. The van der Waals surface area contributed by atoms with Gasteiger partial charge in [0.05, 0.1) is 44.1 Å². The molecule has 0 saturated heterocycles. The van der Waals surface area contributed by atoms with E-state index in [1.807, 2.05) is 43.3 Å². The number of benzene rings is 3. The summed E-state index contributed by atoms with van der Waals surface area (Å²) in [5.74, 6) is 2.52. The molecule has 0 saturated carbocycles. The van der Waals surface area contributed by atoms with E-state index in [0.29, 0.717) is 28.6 Å². The number of likely N-dealkylation sites (N-methyl/N-ethyl adjacent to an activating group) is 1. The maximum atomic E-state index is 13.9. The van der Waals surface area contributed by atoms with Crippen molar-refractivity contribution in [2.75, 3.05) is 42.0 Å². The van der Waals surface area contributed by atoms with Crippen LogP contribution in [-0.4, -0.2) is 51.1 Å². The van der Waals surface area contributed by atoms with Crippen LogP contribution >= 0.6 is 0 Å². The topological polar surface area (TPSA) is 57.2 Å². The highest BCUT2D eigenvalue weighted by atomic mass is 32.2. The molecule has 0 aromatic heterocycles. The minimum absolute atomic E-state index is 0.0745. The fraction of sp³-hybridized carbons (Fsp3) is 0.357. The van der Waals surface area contributed by atoms with Crippen LogP contribution in [0.15, 0.2) is 58.3 Å². The Balaban J connectivity index is 1.83. The van der Waals surface area contributed by atoms with E-state index >= 15 is 0 Å². The van der Waals surface area contributed by atoms with Crippen molar-refractivity contribution in [2.45, 2.75) is 35.6 Å². The summed E-state index contributed by atoms with van der Waals surface area (Å²) in [4.78, 5) is 3.72. The van der Waals surface area contributed by atoms with Crippen molar-refractivity contribution < 1.29 is 23.2 Å². The molecule has 0 fully saturated rings. The van der Waals surface area contributed by atoms with E-state index in [0.717, 1.165) is 34.7 Å². The lowest BCUT2D eigenvalue weighted by molar-refractivity contribution is 0.226. The monoisotopic (exact) mass is 495 g/mol. The lowest BCUT2D eigenvalue weighted by atomic mass is 9.88. The Morgan fingerprint density at radius 2 is 1.54 bits per heavy atom. The van der Waals surface area contributed by atoms with Gasteiger partial charge in [-0.15, -0.1) is 0 Å². The summed E-state index contributed by atoms with van der Waals surface area (Å²) in [6.07, 6.45) is 1.59. The zero-order chi connectivity index (χ0) is 25.1. The minimum atomic E-state index is -1.44. The van der Waals surface area contributed by atoms with Crippen LogP contribution in [0.25, 0.3) is 0 Å². The number of nitrogens with zero attached hydrogens (tertiary/aromatic N) is 1. The summed E-state index contributed by atoms with van der Waals surface area (Å²) < 4.78 is 36.4. The summed E-state index contributed by atoms with van der Waals surface area (Å²) in [7, 11) is 7.19. The fourth-order valence-electron chi connectivity index (χ4n) is 4.71. The third kappa shape index (κ3) is 4.88. The predicted molar refractivity (Wildman–Crippen MR) is 138 cm³/mol.